The van der Waals surface area contributed by atoms with Gasteiger partial charge in [-0.1, -0.05) is 6.07 Å². The van der Waals surface area contributed by atoms with Crippen molar-refractivity contribution >= 4 is 23.0 Å². The highest BCUT2D eigenvalue weighted by Crippen LogP contribution is 2.25. The molecule has 0 amide bonds. The third kappa shape index (κ3) is 2.13. The van der Waals surface area contributed by atoms with Crippen molar-refractivity contribution in [2.24, 2.45) is 0 Å². The Balaban J connectivity index is 1.84. The number of rotatable bonds is 2. The van der Waals surface area contributed by atoms with Gasteiger partial charge in [-0.25, -0.2) is 9.97 Å². The number of nitrogens with one attached hydrogen (secondary N) is 3. The molecule has 0 radical (unpaired) electrons. The van der Waals surface area contributed by atoms with E-state index in [-0.39, 0.29) is 0 Å². The molecule has 2 aromatic heterocycles. The lowest BCUT2D eigenvalue weighted by molar-refractivity contribution is 1.02. The number of anilines is 4. The van der Waals surface area contributed by atoms with Crippen LogP contribution in [-0.2, 0) is 0 Å². The molecule has 1 aliphatic heterocycles. The van der Waals surface area contributed by atoms with Gasteiger partial charge in [0, 0.05) is 19.3 Å². The second kappa shape index (κ2) is 4.29. The second-order valence-electron chi connectivity index (χ2n) is 3.81. The standard InChI is InChI=1S/C12H13N5/c1-2-4-14-11(3-1)17-9-7-10-12(16-8-9)15-6-5-13-10/h1-4,7-8,13H,5-6H2,(H,14,17)(H,15,16). The van der Waals surface area contributed by atoms with Crippen molar-refractivity contribution in [3.63, 3.8) is 0 Å². The Morgan fingerprint density at radius 2 is 2.06 bits per heavy atom. The summed E-state index contributed by atoms with van der Waals surface area (Å²) >= 11 is 0. The normalized spacial score (nSPS) is 13.2. The summed E-state index contributed by atoms with van der Waals surface area (Å²) in [5.74, 6) is 1.72. The van der Waals surface area contributed by atoms with Gasteiger partial charge < -0.3 is 16.0 Å². The van der Waals surface area contributed by atoms with Crippen molar-refractivity contribution in [1.82, 2.24) is 9.97 Å². The van der Waals surface area contributed by atoms with Gasteiger partial charge in [0.2, 0.25) is 0 Å². The van der Waals surface area contributed by atoms with Gasteiger partial charge in [0.05, 0.1) is 17.6 Å². The molecular formula is C12H13N5. The van der Waals surface area contributed by atoms with E-state index in [0.717, 1.165) is 36.1 Å². The molecule has 0 bridgehead atoms. The van der Waals surface area contributed by atoms with E-state index in [0.29, 0.717) is 0 Å². The average molecular weight is 227 g/mol. The molecule has 0 aromatic carbocycles. The van der Waals surface area contributed by atoms with E-state index in [1.54, 1.807) is 12.4 Å². The quantitative estimate of drug-likeness (QED) is 0.733. The van der Waals surface area contributed by atoms with Gasteiger partial charge in [0.25, 0.3) is 0 Å². The van der Waals surface area contributed by atoms with Gasteiger partial charge in [-0.3, -0.25) is 0 Å². The summed E-state index contributed by atoms with van der Waals surface area (Å²) in [5.41, 5.74) is 1.95. The molecule has 3 heterocycles. The number of hydrogen-bond acceptors (Lipinski definition) is 5. The highest BCUT2D eigenvalue weighted by molar-refractivity contribution is 5.72. The topological polar surface area (TPSA) is 61.9 Å². The summed E-state index contributed by atoms with van der Waals surface area (Å²) < 4.78 is 0. The molecule has 0 unspecified atom stereocenters. The van der Waals surface area contributed by atoms with Gasteiger partial charge in [0.1, 0.15) is 11.6 Å². The van der Waals surface area contributed by atoms with Gasteiger partial charge in [-0.05, 0) is 18.2 Å². The van der Waals surface area contributed by atoms with Crippen molar-refractivity contribution in [2.75, 3.05) is 29.0 Å². The highest BCUT2D eigenvalue weighted by Gasteiger charge is 2.09. The Hall–Kier alpha value is -2.30. The Kier molecular flexibility index (Phi) is 2.50. The summed E-state index contributed by atoms with van der Waals surface area (Å²) in [6.07, 6.45) is 3.56. The van der Waals surface area contributed by atoms with E-state index in [2.05, 4.69) is 25.9 Å². The summed E-state index contributed by atoms with van der Waals surface area (Å²) in [5, 5.41) is 9.75. The van der Waals surface area contributed by atoms with E-state index < -0.39 is 0 Å². The Morgan fingerprint density at radius 1 is 1.12 bits per heavy atom. The highest BCUT2D eigenvalue weighted by atomic mass is 15.1. The van der Waals surface area contributed by atoms with Crippen molar-refractivity contribution in [1.29, 1.82) is 0 Å². The maximum absolute atomic E-state index is 4.35. The fourth-order valence-corrected chi connectivity index (χ4v) is 1.77. The summed E-state index contributed by atoms with van der Waals surface area (Å²) in [6.45, 7) is 1.83. The zero-order chi connectivity index (χ0) is 11.5. The monoisotopic (exact) mass is 227 g/mol. The Morgan fingerprint density at radius 3 is 2.94 bits per heavy atom. The number of nitrogens with zero attached hydrogens (tertiary/aromatic N) is 2. The lowest BCUT2D eigenvalue weighted by atomic mass is 10.3. The summed E-state index contributed by atoms with van der Waals surface area (Å²) in [4.78, 5) is 8.56. The molecule has 1 aliphatic rings. The molecule has 0 atom stereocenters. The van der Waals surface area contributed by atoms with Crippen LogP contribution in [0.2, 0.25) is 0 Å². The smallest absolute Gasteiger partial charge is 0.149 e. The van der Waals surface area contributed by atoms with E-state index in [1.807, 2.05) is 24.3 Å². The summed E-state index contributed by atoms with van der Waals surface area (Å²) in [7, 11) is 0. The molecule has 0 spiro atoms. The molecule has 0 fully saturated rings. The van der Waals surface area contributed by atoms with Crippen molar-refractivity contribution in [2.45, 2.75) is 0 Å². The third-order valence-electron chi connectivity index (χ3n) is 2.56. The van der Waals surface area contributed by atoms with Crippen LogP contribution in [0.3, 0.4) is 0 Å². The van der Waals surface area contributed by atoms with Gasteiger partial charge in [0.15, 0.2) is 0 Å². The van der Waals surface area contributed by atoms with Gasteiger partial charge in [-0.2, -0.15) is 0 Å². The van der Waals surface area contributed by atoms with E-state index in [9.17, 15) is 0 Å². The van der Waals surface area contributed by atoms with Crippen molar-refractivity contribution in [3.8, 4) is 0 Å². The third-order valence-corrected chi connectivity index (χ3v) is 2.56. The first-order chi connectivity index (χ1) is 8.42. The van der Waals surface area contributed by atoms with Crippen molar-refractivity contribution < 1.29 is 0 Å². The molecule has 86 valence electrons. The molecule has 0 saturated carbocycles. The van der Waals surface area contributed by atoms with Crippen LogP contribution >= 0.6 is 0 Å². The SMILES string of the molecule is c1ccc(Nc2cnc3c(c2)NCCN3)nc1. The Labute approximate surface area is 99.3 Å². The minimum Gasteiger partial charge on any atom is -0.380 e. The van der Waals surface area contributed by atoms with Crippen LogP contribution in [0.25, 0.3) is 0 Å². The molecule has 0 aliphatic carbocycles. The van der Waals surface area contributed by atoms with Crippen LogP contribution in [-0.4, -0.2) is 23.1 Å². The number of fused-ring (bicyclic) bond motifs is 1. The molecule has 0 saturated heterocycles. The summed E-state index contributed by atoms with van der Waals surface area (Å²) in [6, 6.07) is 7.79. The molecular weight excluding hydrogens is 214 g/mol. The maximum Gasteiger partial charge on any atom is 0.149 e. The number of pyridine rings is 2. The molecule has 5 nitrogen and oxygen atoms in total. The Bertz CT molecular complexity index is 512. The lowest BCUT2D eigenvalue weighted by Gasteiger charge is -2.19. The van der Waals surface area contributed by atoms with Crippen molar-refractivity contribution in [3.05, 3.63) is 36.7 Å². The first-order valence-corrected chi connectivity index (χ1v) is 5.58. The van der Waals surface area contributed by atoms with E-state index in [4.69, 9.17) is 0 Å². The largest absolute Gasteiger partial charge is 0.380 e. The predicted octanol–water partition coefficient (Wildman–Crippen LogP) is 2.06. The van der Waals surface area contributed by atoms with Crippen LogP contribution in [0, 0.1) is 0 Å². The van der Waals surface area contributed by atoms with Crippen LogP contribution in [0.15, 0.2) is 36.7 Å². The molecule has 17 heavy (non-hydrogen) atoms. The number of aromatic nitrogens is 2. The van der Waals surface area contributed by atoms with Crippen LogP contribution in [0.4, 0.5) is 23.0 Å². The fraction of sp³-hybridized carbons (Fsp3) is 0.167. The molecule has 3 rings (SSSR count). The first kappa shape index (κ1) is 9.89. The van der Waals surface area contributed by atoms with Crippen LogP contribution < -0.4 is 16.0 Å². The van der Waals surface area contributed by atoms with E-state index >= 15 is 0 Å². The van der Waals surface area contributed by atoms with Gasteiger partial charge in [-0.15, -0.1) is 0 Å². The number of hydrogen-bond donors (Lipinski definition) is 3. The minimum absolute atomic E-state index is 0.818. The average Bonchev–Trinajstić information content (AvgIpc) is 2.40. The second-order valence-corrected chi connectivity index (χ2v) is 3.81. The molecule has 5 heteroatoms. The maximum atomic E-state index is 4.35. The minimum atomic E-state index is 0.818. The van der Waals surface area contributed by atoms with Gasteiger partial charge >= 0.3 is 0 Å². The predicted molar refractivity (Wildman–Crippen MR) is 68.7 cm³/mol. The zero-order valence-electron chi connectivity index (χ0n) is 9.27. The van der Waals surface area contributed by atoms with E-state index in [1.165, 1.54) is 0 Å². The zero-order valence-corrected chi connectivity index (χ0v) is 9.27. The molecule has 2 aromatic rings. The van der Waals surface area contributed by atoms with Crippen LogP contribution in [0.1, 0.15) is 0 Å². The fourth-order valence-electron chi connectivity index (χ4n) is 1.77. The van der Waals surface area contributed by atoms with Crippen LogP contribution in [0.5, 0.6) is 0 Å². The molecule has 3 N–H and O–H groups in total. The lowest BCUT2D eigenvalue weighted by Crippen LogP contribution is -2.21. The first-order valence-electron chi connectivity index (χ1n) is 5.58.